The molecule has 2 saturated carbocycles. The number of nitrogens with one attached hydrogen (secondary N) is 1. The fraction of sp³-hybridized carbons (Fsp3) is 0.469. The molecule has 2 unspecified atom stereocenters. The normalized spacial score (nSPS) is 21.5. The second-order valence-electron chi connectivity index (χ2n) is 12.2. The molecule has 44 heavy (non-hydrogen) atoms. The van der Waals surface area contributed by atoms with Gasteiger partial charge in [0.2, 0.25) is 0 Å². The van der Waals surface area contributed by atoms with Crippen LogP contribution in [0.15, 0.2) is 40.9 Å². The van der Waals surface area contributed by atoms with Gasteiger partial charge in [0.15, 0.2) is 5.13 Å². The molecule has 2 aliphatic heterocycles. The van der Waals surface area contributed by atoms with Gasteiger partial charge in [0.05, 0.1) is 29.0 Å². The molecule has 4 aromatic rings. The number of aromatic nitrogens is 2. The third-order valence-corrected chi connectivity index (χ3v) is 9.74. The third-order valence-electron chi connectivity index (χ3n) is 8.72. The lowest BCUT2D eigenvalue weighted by Crippen LogP contribution is -2.64. The molecule has 2 bridgehead atoms. The molecule has 8 nitrogen and oxygen atoms in total. The van der Waals surface area contributed by atoms with Crippen molar-refractivity contribution in [3.8, 4) is 17.0 Å². The summed E-state index contributed by atoms with van der Waals surface area (Å²) in [6.07, 6.45) is 0.163. The molecular formula is C32H33F3N4O4S. The molecule has 232 valence electrons. The number of carbonyl (C=O) groups is 1. The highest BCUT2D eigenvalue weighted by atomic mass is 32.1. The molecule has 4 fully saturated rings. The lowest BCUT2D eigenvalue weighted by molar-refractivity contribution is -0.137. The Morgan fingerprint density at radius 3 is 2.59 bits per heavy atom. The molecule has 0 amide bonds. The zero-order valence-corrected chi connectivity index (χ0v) is 25.4. The molecule has 2 aromatic heterocycles. The van der Waals surface area contributed by atoms with Crippen LogP contribution in [0.2, 0.25) is 0 Å². The van der Waals surface area contributed by atoms with Crippen LogP contribution in [0.1, 0.15) is 79.1 Å². The maximum Gasteiger partial charge on any atom is 0.417 e. The smallest absolute Gasteiger partial charge is 0.417 e. The van der Waals surface area contributed by atoms with Crippen LogP contribution < -0.4 is 15.0 Å². The van der Waals surface area contributed by atoms with Gasteiger partial charge in [-0.1, -0.05) is 34.7 Å². The minimum Gasteiger partial charge on any atom is -0.489 e. The van der Waals surface area contributed by atoms with Crippen LogP contribution in [0.4, 0.5) is 18.3 Å². The van der Waals surface area contributed by atoms with Crippen LogP contribution >= 0.6 is 11.3 Å². The predicted molar refractivity (Wildman–Crippen MR) is 160 cm³/mol. The number of alkyl halides is 3. The summed E-state index contributed by atoms with van der Waals surface area (Å²) in [4.78, 5) is 19.6. The van der Waals surface area contributed by atoms with Crippen LogP contribution in [-0.2, 0) is 17.5 Å². The number of thiazole rings is 1. The summed E-state index contributed by atoms with van der Waals surface area (Å²) in [5, 5.41) is 8.69. The first-order valence-electron chi connectivity index (χ1n) is 15.0. The van der Waals surface area contributed by atoms with Crippen molar-refractivity contribution >= 4 is 32.7 Å². The summed E-state index contributed by atoms with van der Waals surface area (Å²) in [5.41, 5.74) is 1.51. The van der Waals surface area contributed by atoms with E-state index in [1.165, 1.54) is 19.2 Å². The summed E-state index contributed by atoms with van der Waals surface area (Å²) in [7, 11) is 1.36. The second-order valence-corrected chi connectivity index (χ2v) is 13.2. The number of methoxy groups -OCH3 is 1. The lowest BCUT2D eigenvalue weighted by atomic mass is 9.77. The summed E-state index contributed by atoms with van der Waals surface area (Å²) < 4.78 is 59.0. The Kier molecular flexibility index (Phi) is 7.31. The quantitative estimate of drug-likeness (QED) is 0.193. The van der Waals surface area contributed by atoms with Gasteiger partial charge in [-0.25, -0.2) is 9.78 Å². The minimum atomic E-state index is -4.49. The summed E-state index contributed by atoms with van der Waals surface area (Å²) in [6, 6.07) is 9.84. The number of nitrogens with zero attached hydrogens (tertiary/aromatic N) is 3. The van der Waals surface area contributed by atoms with Crippen molar-refractivity contribution in [2.24, 2.45) is 0 Å². The van der Waals surface area contributed by atoms with Gasteiger partial charge in [0, 0.05) is 41.7 Å². The number of fused-ring (bicyclic) bond motifs is 3. The second kappa shape index (κ2) is 11.1. The number of esters is 1. The van der Waals surface area contributed by atoms with Gasteiger partial charge < -0.3 is 24.2 Å². The van der Waals surface area contributed by atoms with Crippen molar-refractivity contribution in [1.82, 2.24) is 15.5 Å². The Hall–Kier alpha value is -3.64. The van der Waals surface area contributed by atoms with Crippen LogP contribution in [0, 0.1) is 0 Å². The molecule has 4 heterocycles. The molecule has 2 atom stereocenters. The molecule has 4 aliphatic rings. The zero-order valence-electron chi connectivity index (χ0n) is 24.6. The Morgan fingerprint density at radius 1 is 1.16 bits per heavy atom. The van der Waals surface area contributed by atoms with Crippen LogP contribution in [0.25, 0.3) is 21.5 Å². The van der Waals surface area contributed by atoms with Crippen molar-refractivity contribution in [2.75, 3.05) is 12.0 Å². The fourth-order valence-corrected chi connectivity index (χ4v) is 7.75. The zero-order chi connectivity index (χ0) is 30.7. The van der Waals surface area contributed by atoms with Crippen molar-refractivity contribution in [1.29, 1.82) is 0 Å². The molecule has 0 spiro atoms. The predicted octanol–water partition coefficient (Wildman–Crippen LogP) is 7.32. The highest BCUT2D eigenvalue weighted by Crippen LogP contribution is 2.48. The van der Waals surface area contributed by atoms with Gasteiger partial charge in [-0.3, -0.25) is 0 Å². The van der Waals surface area contributed by atoms with Crippen LogP contribution in [0.5, 0.6) is 5.75 Å². The van der Waals surface area contributed by atoms with Gasteiger partial charge >= 0.3 is 12.1 Å². The van der Waals surface area contributed by atoms with E-state index in [0.29, 0.717) is 23.6 Å². The number of hydrogen-bond acceptors (Lipinski definition) is 9. The average molecular weight is 627 g/mol. The number of benzene rings is 2. The molecule has 0 radical (unpaired) electrons. The third kappa shape index (κ3) is 5.32. The Morgan fingerprint density at radius 2 is 1.91 bits per heavy atom. The van der Waals surface area contributed by atoms with E-state index in [1.807, 2.05) is 13.8 Å². The van der Waals surface area contributed by atoms with Crippen molar-refractivity contribution in [2.45, 2.75) is 88.8 Å². The average Bonchev–Trinajstić information content (AvgIpc) is 3.61. The van der Waals surface area contributed by atoms with E-state index in [1.54, 1.807) is 29.5 Å². The maximum absolute atomic E-state index is 13.9. The standard InChI is InChI=1S/C32H33F3N4O4S/c1-16(2)42-25-10-18(30(40)41-3)11-26-28(25)37-31(44-26)39-20-12-19(13-21(39)14-20)36-15-23-27(38-43-29(23)17-8-9-17)22-6-4-5-7-24(22)32(33,34)35/h4-7,10-11,16-17,19-21,36H,8-9,12-15H2,1-3H3. The van der Waals surface area contributed by atoms with E-state index in [-0.39, 0.29) is 41.4 Å². The SMILES string of the molecule is COC(=O)c1cc(OC(C)C)c2nc(N3C4CC(NCc5c(-c6ccccc6C(F)(F)F)noc5C5CC5)CC3C4)sc2c1. The Labute approximate surface area is 256 Å². The first-order chi connectivity index (χ1) is 21.1. The topological polar surface area (TPSA) is 89.7 Å². The highest BCUT2D eigenvalue weighted by Gasteiger charge is 2.47. The van der Waals surface area contributed by atoms with E-state index in [2.05, 4.69) is 15.4 Å². The maximum atomic E-state index is 13.9. The highest BCUT2D eigenvalue weighted by molar-refractivity contribution is 7.22. The number of hydrogen-bond donors (Lipinski definition) is 1. The van der Waals surface area contributed by atoms with Gasteiger partial charge in [-0.15, -0.1) is 0 Å². The fourth-order valence-electron chi connectivity index (χ4n) is 6.58. The number of rotatable bonds is 9. The number of carbonyl (C=O) groups excluding carboxylic acids is 1. The monoisotopic (exact) mass is 626 g/mol. The van der Waals surface area contributed by atoms with Gasteiger partial charge in [-0.2, -0.15) is 13.2 Å². The van der Waals surface area contributed by atoms with E-state index < -0.39 is 17.7 Å². The van der Waals surface area contributed by atoms with E-state index in [4.69, 9.17) is 19.0 Å². The number of ether oxygens (including phenoxy) is 2. The summed E-state index contributed by atoms with van der Waals surface area (Å²) in [5.74, 6) is 1.05. The molecule has 2 aromatic carbocycles. The molecule has 8 rings (SSSR count). The summed E-state index contributed by atoms with van der Waals surface area (Å²) >= 11 is 1.54. The van der Waals surface area contributed by atoms with Gasteiger partial charge in [0.25, 0.3) is 0 Å². The number of anilines is 1. The molecule has 2 aliphatic carbocycles. The minimum absolute atomic E-state index is 0.0529. The van der Waals surface area contributed by atoms with Crippen molar-refractivity contribution < 1.29 is 32.0 Å². The molecule has 2 saturated heterocycles. The van der Waals surface area contributed by atoms with E-state index in [0.717, 1.165) is 59.1 Å². The largest absolute Gasteiger partial charge is 0.489 e. The molecule has 12 heteroatoms. The Bertz CT molecular complexity index is 1700. The molecular weight excluding hydrogens is 593 g/mol. The lowest BCUT2D eigenvalue weighted by Gasteiger charge is -2.55. The van der Waals surface area contributed by atoms with Crippen LogP contribution in [0.3, 0.4) is 0 Å². The Balaban J connectivity index is 1.09. The summed E-state index contributed by atoms with van der Waals surface area (Å²) in [6.45, 7) is 4.26. The van der Waals surface area contributed by atoms with Gasteiger partial charge in [-0.05, 0) is 64.2 Å². The number of piperidine rings is 1. The van der Waals surface area contributed by atoms with E-state index in [9.17, 15) is 18.0 Å². The first kappa shape index (κ1) is 29.1. The van der Waals surface area contributed by atoms with Gasteiger partial charge in [0.1, 0.15) is 22.7 Å². The molecule has 1 N–H and O–H groups in total. The van der Waals surface area contributed by atoms with Crippen molar-refractivity contribution in [3.63, 3.8) is 0 Å². The van der Waals surface area contributed by atoms with E-state index >= 15 is 0 Å². The van der Waals surface area contributed by atoms with Crippen LogP contribution in [-0.4, -0.2) is 47.4 Å². The first-order valence-corrected chi connectivity index (χ1v) is 15.8. The number of halogens is 3. The van der Waals surface area contributed by atoms with Crippen molar-refractivity contribution in [3.05, 3.63) is 58.8 Å².